The number of methoxy groups -OCH3 is 1. The summed E-state index contributed by atoms with van der Waals surface area (Å²) in [4.78, 5) is 16.6. The first-order chi connectivity index (χ1) is 12.3. The second-order valence-electron chi connectivity index (χ2n) is 5.95. The van der Waals surface area contributed by atoms with E-state index in [1.165, 1.54) is 23.9 Å². The lowest BCUT2D eigenvalue weighted by atomic mass is 10.3. The quantitative estimate of drug-likeness (QED) is 0.614. The van der Waals surface area contributed by atoms with Crippen molar-refractivity contribution in [2.24, 2.45) is 5.14 Å². The Bertz CT molecular complexity index is 880. The van der Waals surface area contributed by atoms with E-state index in [2.05, 4.69) is 10.3 Å². The molecule has 0 radical (unpaired) electrons. The molecule has 0 aliphatic heterocycles. The Morgan fingerprint density at radius 1 is 1.46 bits per heavy atom. The van der Waals surface area contributed by atoms with E-state index in [1.54, 1.807) is 13.2 Å². The molecule has 3 N–H and O–H groups in total. The number of sulfonamides is 1. The Kier molecular flexibility index (Phi) is 7.04. The number of rotatable bonds is 9. The molecule has 2 aromatic rings. The van der Waals surface area contributed by atoms with Gasteiger partial charge in [-0.15, -0.1) is 0 Å². The number of hydrogen-bond acceptors (Lipinski definition) is 6. The number of fused-ring (bicyclic) bond motifs is 1. The molecule has 8 nitrogen and oxygen atoms in total. The summed E-state index contributed by atoms with van der Waals surface area (Å²) in [5.41, 5.74) is 1.36. The Morgan fingerprint density at radius 3 is 2.81 bits per heavy atom. The first kappa shape index (κ1) is 20.7. The van der Waals surface area contributed by atoms with Crippen LogP contribution in [-0.4, -0.2) is 49.4 Å². The lowest BCUT2D eigenvalue weighted by Gasteiger charge is -2.12. The lowest BCUT2D eigenvalue weighted by Crippen LogP contribution is -2.36. The van der Waals surface area contributed by atoms with Gasteiger partial charge in [0.05, 0.1) is 28.3 Å². The third-order valence-corrected chi connectivity index (χ3v) is 5.50. The van der Waals surface area contributed by atoms with Crippen LogP contribution in [0.25, 0.3) is 11.0 Å². The summed E-state index contributed by atoms with van der Waals surface area (Å²) in [6.45, 7) is 5.07. The number of primary sulfonamides is 1. The number of aromatic nitrogens is 2. The first-order valence-electron chi connectivity index (χ1n) is 8.20. The van der Waals surface area contributed by atoms with Crippen LogP contribution in [0.4, 0.5) is 0 Å². The van der Waals surface area contributed by atoms with Gasteiger partial charge in [0, 0.05) is 19.7 Å². The van der Waals surface area contributed by atoms with Crippen molar-refractivity contribution < 1.29 is 17.9 Å². The number of imidazole rings is 1. The third-order valence-electron chi connectivity index (χ3n) is 3.62. The Balaban J connectivity index is 2.23. The van der Waals surface area contributed by atoms with Crippen molar-refractivity contribution in [3.63, 3.8) is 0 Å². The van der Waals surface area contributed by atoms with Crippen LogP contribution in [0.5, 0.6) is 0 Å². The number of carbonyl (C=O) groups excluding carboxylic acids is 1. The van der Waals surface area contributed by atoms with Gasteiger partial charge in [-0.3, -0.25) is 4.79 Å². The molecule has 1 aromatic carbocycles. The van der Waals surface area contributed by atoms with Gasteiger partial charge < -0.3 is 14.6 Å². The molecule has 0 aliphatic carbocycles. The molecule has 0 spiro atoms. The predicted molar refractivity (Wildman–Crippen MR) is 102 cm³/mol. The molecule has 0 fully saturated rings. The largest absolute Gasteiger partial charge is 0.383 e. The number of aryl methyl sites for hydroxylation is 1. The molecule has 26 heavy (non-hydrogen) atoms. The minimum absolute atomic E-state index is 0.0221. The van der Waals surface area contributed by atoms with E-state index < -0.39 is 10.0 Å². The number of ether oxygens (including phenoxy) is 1. The van der Waals surface area contributed by atoms with Crippen LogP contribution in [0.3, 0.4) is 0 Å². The molecule has 0 saturated heterocycles. The van der Waals surface area contributed by atoms with Crippen LogP contribution in [0.1, 0.15) is 20.3 Å². The fraction of sp³-hybridized carbons (Fsp3) is 0.500. The maximum absolute atomic E-state index is 12.1. The second kappa shape index (κ2) is 8.85. The third kappa shape index (κ3) is 5.19. The summed E-state index contributed by atoms with van der Waals surface area (Å²) in [5.74, 6) is 0.100. The summed E-state index contributed by atoms with van der Waals surface area (Å²) < 4.78 is 30.1. The second-order valence-corrected chi connectivity index (χ2v) is 8.46. The van der Waals surface area contributed by atoms with Gasteiger partial charge in [0.15, 0.2) is 5.16 Å². The van der Waals surface area contributed by atoms with E-state index in [1.807, 2.05) is 18.4 Å². The normalized spacial score (nSPS) is 13.1. The summed E-state index contributed by atoms with van der Waals surface area (Å²) >= 11 is 1.31. The number of carbonyl (C=O) groups is 1. The fourth-order valence-electron chi connectivity index (χ4n) is 2.55. The van der Waals surface area contributed by atoms with E-state index in [4.69, 9.17) is 9.88 Å². The molecule has 0 bridgehead atoms. The van der Waals surface area contributed by atoms with Crippen molar-refractivity contribution in [3.05, 3.63) is 18.2 Å². The molecule has 0 aliphatic rings. The lowest BCUT2D eigenvalue weighted by molar-refractivity contribution is -0.119. The maximum atomic E-state index is 12.1. The summed E-state index contributed by atoms with van der Waals surface area (Å²) in [6, 6.07) is 4.56. The van der Waals surface area contributed by atoms with E-state index >= 15 is 0 Å². The van der Waals surface area contributed by atoms with Gasteiger partial charge >= 0.3 is 0 Å². The number of amides is 1. The van der Waals surface area contributed by atoms with E-state index in [-0.39, 0.29) is 22.6 Å². The van der Waals surface area contributed by atoms with Crippen LogP contribution < -0.4 is 10.5 Å². The summed E-state index contributed by atoms with van der Waals surface area (Å²) in [6.07, 6.45) is 0.882. The number of nitrogens with two attached hydrogens (primary N) is 1. The van der Waals surface area contributed by atoms with Gasteiger partial charge in [0.25, 0.3) is 0 Å². The molecule has 1 unspecified atom stereocenters. The van der Waals surface area contributed by atoms with Crippen LogP contribution in [0, 0.1) is 0 Å². The maximum Gasteiger partial charge on any atom is 0.238 e. The Morgan fingerprint density at radius 2 is 2.19 bits per heavy atom. The number of nitrogens with one attached hydrogen (secondary N) is 1. The Labute approximate surface area is 157 Å². The highest BCUT2D eigenvalue weighted by molar-refractivity contribution is 7.99. The number of nitrogens with zero attached hydrogens (tertiary/aromatic N) is 2. The molecular formula is C16H24N4O4S2. The average Bonchev–Trinajstić information content (AvgIpc) is 2.90. The molecule has 0 saturated carbocycles. The highest BCUT2D eigenvalue weighted by atomic mass is 32.2. The molecule has 1 aromatic heterocycles. The van der Waals surface area contributed by atoms with Gasteiger partial charge in [-0.05, 0) is 31.5 Å². The van der Waals surface area contributed by atoms with Gasteiger partial charge in [0.2, 0.25) is 15.9 Å². The van der Waals surface area contributed by atoms with Gasteiger partial charge in [0.1, 0.15) is 0 Å². The molecule has 1 atom stereocenters. The fourth-order valence-corrected chi connectivity index (χ4v) is 3.94. The highest BCUT2D eigenvalue weighted by Crippen LogP contribution is 2.26. The monoisotopic (exact) mass is 400 g/mol. The molecule has 10 heteroatoms. The van der Waals surface area contributed by atoms with Crippen LogP contribution in [0.2, 0.25) is 0 Å². The molecule has 2 rings (SSSR count). The minimum Gasteiger partial charge on any atom is -0.383 e. The molecule has 1 amide bonds. The summed E-state index contributed by atoms with van der Waals surface area (Å²) in [5, 5.41) is 8.71. The number of benzene rings is 1. The van der Waals surface area contributed by atoms with Crippen LogP contribution >= 0.6 is 11.8 Å². The smallest absolute Gasteiger partial charge is 0.238 e. The Hall–Kier alpha value is -1.62. The predicted octanol–water partition coefficient (Wildman–Crippen LogP) is 1.34. The number of hydrogen-bond donors (Lipinski definition) is 2. The molecule has 1 heterocycles. The summed E-state index contributed by atoms with van der Waals surface area (Å²) in [7, 11) is -2.20. The van der Waals surface area contributed by atoms with E-state index in [0.29, 0.717) is 17.3 Å². The van der Waals surface area contributed by atoms with Crippen LogP contribution in [0.15, 0.2) is 28.3 Å². The van der Waals surface area contributed by atoms with Crippen LogP contribution in [-0.2, 0) is 26.1 Å². The van der Waals surface area contributed by atoms with Gasteiger partial charge in [-0.2, -0.15) is 0 Å². The van der Waals surface area contributed by atoms with Crippen molar-refractivity contribution >= 4 is 38.7 Å². The number of thioether (sulfide) groups is 1. The zero-order chi connectivity index (χ0) is 19.3. The van der Waals surface area contributed by atoms with Gasteiger partial charge in [-0.25, -0.2) is 18.5 Å². The average molecular weight is 401 g/mol. The van der Waals surface area contributed by atoms with Crippen molar-refractivity contribution in [2.45, 2.75) is 42.9 Å². The zero-order valence-corrected chi connectivity index (χ0v) is 16.7. The van der Waals surface area contributed by atoms with Gasteiger partial charge in [-0.1, -0.05) is 18.7 Å². The standard InChI is InChI=1S/C16H24N4O4S2/c1-4-7-20-14-6-5-12(26(17,22)23)8-13(14)19-16(20)25-10-15(21)18-11(2)9-24-3/h5-6,8,11H,4,7,9-10H2,1-3H3,(H,18,21)(H2,17,22,23). The molecule has 144 valence electrons. The van der Waals surface area contributed by atoms with Crippen molar-refractivity contribution in [1.29, 1.82) is 0 Å². The van der Waals surface area contributed by atoms with Crippen molar-refractivity contribution in [1.82, 2.24) is 14.9 Å². The van der Waals surface area contributed by atoms with E-state index in [0.717, 1.165) is 18.5 Å². The van der Waals surface area contributed by atoms with Crippen molar-refractivity contribution in [2.75, 3.05) is 19.5 Å². The van der Waals surface area contributed by atoms with E-state index in [9.17, 15) is 13.2 Å². The zero-order valence-electron chi connectivity index (χ0n) is 15.1. The first-order valence-corrected chi connectivity index (χ1v) is 10.7. The van der Waals surface area contributed by atoms with Crippen molar-refractivity contribution in [3.8, 4) is 0 Å². The molecular weight excluding hydrogens is 376 g/mol. The highest BCUT2D eigenvalue weighted by Gasteiger charge is 2.16. The topological polar surface area (TPSA) is 116 Å². The minimum atomic E-state index is -3.79. The SMILES string of the molecule is CCCn1c(SCC(=O)NC(C)COC)nc2cc(S(N)(=O)=O)ccc21.